The summed E-state index contributed by atoms with van der Waals surface area (Å²) in [5.41, 5.74) is 2.08. The Balaban J connectivity index is 1.61. The lowest BCUT2D eigenvalue weighted by atomic mass is 9.97. The van der Waals surface area contributed by atoms with Crippen molar-refractivity contribution in [2.24, 2.45) is 0 Å². The third-order valence-corrected chi connectivity index (χ3v) is 8.29. The zero-order valence-electron chi connectivity index (χ0n) is 18.0. The number of halogens is 1. The van der Waals surface area contributed by atoms with Gasteiger partial charge in [-0.25, -0.2) is 13.5 Å². The average molecular weight is 493 g/mol. The smallest absolute Gasteiger partial charge is 0.273 e. The molecule has 5 aromatic rings. The molecule has 0 bridgehead atoms. The fraction of sp³-hybridized carbons (Fsp3) is 0.208. The van der Waals surface area contributed by atoms with E-state index in [9.17, 15) is 18.8 Å². The maximum atomic E-state index is 13.5. The van der Waals surface area contributed by atoms with Crippen LogP contribution in [-0.2, 0) is 12.8 Å². The highest BCUT2D eigenvalue weighted by atomic mass is 32.1. The number of nitrogens with zero attached hydrogens (tertiary/aromatic N) is 4. The molecule has 1 aromatic carbocycles. The summed E-state index contributed by atoms with van der Waals surface area (Å²) in [4.78, 5) is 44.7. The van der Waals surface area contributed by atoms with E-state index >= 15 is 0 Å². The van der Waals surface area contributed by atoms with Gasteiger partial charge >= 0.3 is 0 Å². The highest BCUT2D eigenvalue weighted by Gasteiger charge is 2.22. The summed E-state index contributed by atoms with van der Waals surface area (Å²) in [6, 6.07) is 5.77. The summed E-state index contributed by atoms with van der Waals surface area (Å²) in [5, 5.41) is 4.91. The highest BCUT2D eigenvalue weighted by Crippen LogP contribution is 2.34. The second kappa shape index (κ2) is 7.78. The van der Waals surface area contributed by atoms with Crippen molar-refractivity contribution in [3.8, 4) is 11.3 Å². The second-order valence-electron chi connectivity index (χ2n) is 8.25. The first-order valence-corrected chi connectivity index (χ1v) is 12.4. The molecule has 4 aromatic heterocycles. The molecule has 1 aliphatic carbocycles. The molecule has 0 fully saturated rings. The van der Waals surface area contributed by atoms with Gasteiger partial charge in [0.15, 0.2) is 0 Å². The Morgan fingerprint density at radius 1 is 1.12 bits per heavy atom. The topological polar surface area (TPSA) is 86.3 Å². The Morgan fingerprint density at radius 2 is 1.88 bits per heavy atom. The molecule has 1 aliphatic rings. The van der Waals surface area contributed by atoms with Crippen LogP contribution in [0.1, 0.15) is 40.6 Å². The summed E-state index contributed by atoms with van der Waals surface area (Å²) >= 11 is 2.63. The van der Waals surface area contributed by atoms with Gasteiger partial charge in [0.05, 0.1) is 9.92 Å². The van der Waals surface area contributed by atoms with Crippen LogP contribution in [-0.4, -0.2) is 25.1 Å². The van der Waals surface area contributed by atoms with Crippen LogP contribution in [0.15, 0.2) is 40.1 Å². The predicted molar refractivity (Wildman–Crippen MR) is 130 cm³/mol. The SMILES string of the molecule is CC(=O)n1cc(/C=c2/sc3nc(=O)c4c5c(sc4n3c2=O)CCCC5)c(-c2ccc(F)cc2)n1. The molecule has 0 N–H and O–H groups in total. The van der Waals surface area contributed by atoms with E-state index in [1.165, 1.54) is 39.5 Å². The molecular weight excluding hydrogens is 475 g/mol. The molecule has 0 radical (unpaired) electrons. The van der Waals surface area contributed by atoms with Gasteiger partial charge in [0.2, 0.25) is 10.9 Å². The molecule has 0 aliphatic heterocycles. The van der Waals surface area contributed by atoms with Gasteiger partial charge in [0.25, 0.3) is 11.1 Å². The van der Waals surface area contributed by atoms with Crippen molar-refractivity contribution in [2.45, 2.75) is 32.6 Å². The third-order valence-electron chi connectivity index (χ3n) is 6.04. The Bertz CT molecular complexity index is 1790. The predicted octanol–water partition coefficient (Wildman–Crippen LogP) is 3.42. The molecular formula is C24H17FN4O3S2. The zero-order valence-corrected chi connectivity index (χ0v) is 19.6. The van der Waals surface area contributed by atoms with Crippen LogP contribution in [0.25, 0.3) is 32.5 Å². The van der Waals surface area contributed by atoms with E-state index in [-0.39, 0.29) is 22.8 Å². The number of thiophene rings is 1. The summed E-state index contributed by atoms with van der Waals surface area (Å²) in [6.45, 7) is 1.38. The van der Waals surface area contributed by atoms with Crippen LogP contribution in [0.2, 0.25) is 0 Å². The van der Waals surface area contributed by atoms with Gasteiger partial charge in [-0.2, -0.15) is 10.1 Å². The molecule has 0 unspecified atom stereocenters. The Labute approximate surface area is 199 Å². The van der Waals surface area contributed by atoms with Crippen LogP contribution >= 0.6 is 22.7 Å². The Kier molecular flexibility index (Phi) is 4.82. The number of aromatic nitrogens is 4. The monoisotopic (exact) mass is 492 g/mol. The first-order valence-electron chi connectivity index (χ1n) is 10.8. The van der Waals surface area contributed by atoms with Crippen molar-refractivity contribution >= 4 is 49.8 Å². The van der Waals surface area contributed by atoms with E-state index in [0.717, 1.165) is 47.5 Å². The van der Waals surface area contributed by atoms with E-state index in [2.05, 4.69) is 10.1 Å². The van der Waals surface area contributed by atoms with Crippen LogP contribution in [0, 0.1) is 5.82 Å². The molecule has 6 rings (SSSR count). The number of hydrogen-bond acceptors (Lipinski definition) is 7. The summed E-state index contributed by atoms with van der Waals surface area (Å²) < 4.78 is 16.5. The van der Waals surface area contributed by atoms with Gasteiger partial charge in [-0.05, 0) is 61.6 Å². The van der Waals surface area contributed by atoms with Gasteiger partial charge in [-0.3, -0.25) is 14.4 Å². The van der Waals surface area contributed by atoms with Gasteiger partial charge in [0.1, 0.15) is 16.3 Å². The Morgan fingerprint density at radius 3 is 2.65 bits per heavy atom. The second-order valence-corrected chi connectivity index (χ2v) is 10.3. The largest absolute Gasteiger partial charge is 0.282 e. The standard InChI is InChI=1S/C24H17FN4O3S2/c1-12(30)28-11-14(20(27-28)13-6-8-15(25)9-7-13)10-18-22(32)29-23-19(21(31)26-24(29)34-18)16-4-2-3-5-17(16)33-23/h6-11H,2-5H2,1H3/b18-10+. The third kappa shape index (κ3) is 3.24. The average Bonchev–Trinajstić information content (AvgIpc) is 3.49. The molecule has 34 heavy (non-hydrogen) atoms. The summed E-state index contributed by atoms with van der Waals surface area (Å²) in [5.74, 6) is -0.676. The zero-order chi connectivity index (χ0) is 23.6. The number of benzene rings is 1. The molecule has 170 valence electrons. The molecule has 4 heterocycles. The quantitative estimate of drug-likeness (QED) is 0.377. The van der Waals surface area contributed by atoms with E-state index in [0.29, 0.717) is 36.5 Å². The minimum Gasteiger partial charge on any atom is -0.273 e. The van der Waals surface area contributed by atoms with E-state index in [1.807, 2.05) is 0 Å². The van der Waals surface area contributed by atoms with Gasteiger partial charge in [0, 0.05) is 29.1 Å². The van der Waals surface area contributed by atoms with Crippen molar-refractivity contribution in [1.82, 2.24) is 19.2 Å². The van der Waals surface area contributed by atoms with Crippen LogP contribution in [0.5, 0.6) is 0 Å². The normalized spacial score (nSPS) is 14.2. The van der Waals surface area contributed by atoms with Crippen LogP contribution < -0.4 is 15.7 Å². The van der Waals surface area contributed by atoms with E-state index in [1.54, 1.807) is 24.4 Å². The van der Waals surface area contributed by atoms with Crippen molar-refractivity contribution in [3.63, 3.8) is 0 Å². The summed E-state index contributed by atoms with van der Waals surface area (Å²) in [7, 11) is 0. The summed E-state index contributed by atoms with van der Waals surface area (Å²) in [6.07, 6.45) is 7.05. The van der Waals surface area contributed by atoms with Gasteiger partial charge in [-0.15, -0.1) is 11.3 Å². The lowest BCUT2D eigenvalue weighted by Crippen LogP contribution is -2.24. The van der Waals surface area contributed by atoms with Crippen LogP contribution in [0.4, 0.5) is 4.39 Å². The first kappa shape index (κ1) is 21.1. The fourth-order valence-corrected chi connectivity index (χ4v) is 6.82. The fourth-order valence-electron chi connectivity index (χ4n) is 4.43. The molecule has 0 spiro atoms. The number of thiazole rings is 1. The Hall–Kier alpha value is -3.50. The van der Waals surface area contributed by atoms with Gasteiger partial charge < -0.3 is 0 Å². The molecule has 10 heteroatoms. The van der Waals surface area contributed by atoms with Gasteiger partial charge in [-0.1, -0.05) is 11.3 Å². The number of carbonyl (C=O) groups is 1. The minimum absolute atomic E-state index is 0.267. The number of carbonyl (C=O) groups excluding carboxylic acids is 1. The van der Waals surface area contributed by atoms with Crippen molar-refractivity contribution < 1.29 is 9.18 Å². The maximum Gasteiger partial charge on any atom is 0.282 e. The van der Waals surface area contributed by atoms with Crippen molar-refractivity contribution in [2.75, 3.05) is 0 Å². The van der Waals surface area contributed by atoms with Crippen molar-refractivity contribution in [1.29, 1.82) is 0 Å². The lowest BCUT2D eigenvalue weighted by Gasteiger charge is -2.09. The minimum atomic E-state index is -0.384. The number of aryl methyl sites for hydroxylation is 2. The lowest BCUT2D eigenvalue weighted by molar-refractivity contribution is 0.0921. The van der Waals surface area contributed by atoms with Crippen LogP contribution in [0.3, 0.4) is 0 Å². The molecule has 0 saturated heterocycles. The highest BCUT2D eigenvalue weighted by molar-refractivity contribution is 7.19. The molecule has 7 nitrogen and oxygen atoms in total. The molecule has 0 atom stereocenters. The first-order chi connectivity index (χ1) is 16.4. The van der Waals surface area contributed by atoms with E-state index in [4.69, 9.17) is 0 Å². The van der Waals surface area contributed by atoms with Crippen molar-refractivity contribution in [3.05, 3.63) is 77.5 Å². The maximum absolute atomic E-state index is 13.5. The number of rotatable bonds is 2. The van der Waals surface area contributed by atoms with E-state index < -0.39 is 0 Å². The number of fused-ring (bicyclic) bond motifs is 5. The number of hydrogen-bond donors (Lipinski definition) is 0. The molecule has 0 amide bonds. The molecule has 0 saturated carbocycles.